The van der Waals surface area contributed by atoms with Gasteiger partial charge in [0.1, 0.15) is 11.6 Å². The van der Waals surface area contributed by atoms with Gasteiger partial charge in [0.25, 0.3) is 0 Å². The molecule has 7 nitrogen and oxygen atoms in total. The van der Waals surface area contributed by atoms with E-state index in [4.69, 9.17) is 4.99 Å². The molecule has 0 saturated carbocycles. The predicted octanol–water partition coefficient (Wildman–Crippen LogP) is 3.56. The molecule has 0 aromatic carbocycles. The van der Waals surface area contributed by atoms with E-state index in [1.807, 2.05) is 43.9 Å². The Labute approximate surface area is 187 Å². The van der Waals surface area contributed by atoms with Crippen LogP contribution in [0.5, 0.6) is 0 Å². The van der Waals surface area contributed by atoms with E-state index in [0.29, 0.717) is 6.54 Å². The van der Waals surface area contributed by atoms with E-state index in [-0.39, 0.29) is 24.0 Å². The van der Waals surface area contributed by atoms with Crippen molar-refractivity contribution in [2.24, 2.45) is 4.99 Å². The zero-order chi connectivity index (χ0) is 19.2. The van der Waals surface area contributed by atoms with Gasteiger partial charge in [-0.3, -0.25) is 4.57 Å². The van der Waals surface area contributed by atoms with Crippen molar-refractivity contribution in [3.63, 3.8) is 0 Å². The van der Waals surface area contributed by atoms with Gasteiger partial charge in [-0.15, -0.1) is 35.3 Å². The minimum atomic E-state index is 0. The summed E-state index contributed by atoms with van der Waals surface area (Å²) in [6.45, 7) is 8.17. The highest BCUT2D eigenvalue weighted by atomic mass is 127. The molecule has 9 heteroatoms. The standard InChI is InChI=1S/C19H25N7S.HI/c1-5-20-19(25(4)12-17-13-27-15(3)24-17)23-11-16-6-7-18(22-10-16)26-9-8-21-14(26)2;/h6-10,13H,5,11-12H2,1-4H3,(H,20,23);1H. The molecule has 3 aromatic rings. The molecule has 0 fully saturated rings. The second-order valence-corrected chi connectivity index (χ2v) is 7.32. The van der Waals surface area contributed by atoms with E-state index in [1.165, 1.54) is 0 Å². The normalized spacial score (nSPS) is 11.2. The highest BCUT2D eigenvalue weighted by molar-refractivity contribution is 14.0. The van der Waals surface area contributed by atoms with Gasteiger partial charge in [-0.05, 0) is 32.4 Å². The number of guanidine groups is 1. The Bertz CT molecular complexity index is 901. The van der Waals surface area contributed by atoms with Crippen molar-refractivity contribution < 1.29 is 0 Å². The number of halogens is 1. The summed E-state index contributed by atoms with van der Waals surface area (Å²) >= 11 is 1.67. The molecule has 3 rings (SSSR count). The Morgan fingerprint density at radius 3 is 2.68 bits per heavy atom. The molecule has 0 aliphatic rings. The summed E-state index contributed by atoms with van der Waals surface area (Å²) < 4.78 is 1.96. The van der Waals surface area contributed by atoms with Crippen LogP contribution < -0.4 is 5.32 Å². The number of pyridine rings is 1. The first kappa shape index (κ1) is 22.3. The van der Waals surface area contributed by atoms with Crippen LogP contribution in [0.2, 0.25) is 0 Å². The van der Waals surface area contributed by atoms with Crippen molar-refractivity contribution >= 4 is 41.3 Å². The molecule has 28 heavy (non-hydrogen) atoms. The van der Waals surface area contributed by atoms with Crippen LogP contribution in [0.3, 0.4) is 0 Å². The zero-order valence-electron chi connectivity index (χ0n) is 16.6. The second-order valence-electron chi connectivity index (χ2n) is 6.25. The first-order valence-corrected chi connectivity index (χ1v) is 9.80. The minimum absolute atomic E-state index is 0. The van der Waals surface area contributed by atoms with E-state index >= 15 is 0 Å². The monoisotopic (exact) mass is 511 g/mol. The maximum absolute atomic E-state index is 4.74. The summed E-state index contributed by atoms with van der Waals surface area (Å²) in [7, 11) is 2.03. The van der Waals surface area contributed by atoms with Gasteiger partial charge in [0.15, 0.2) is 5.96 Å². The molecular formula is C19H26IN7S. The highest BCUT2D eigenvalue weighted by Crippen LogP contribution is 2.11. The summed E-state index contributed by atoms with van der Waals surface area (Å²) in [5, 5.41) is 6.52. The lowest BCUT2D eigenvalue weighted by Crippen LogP contribution is -2.38. The van der Waals surface area contributed by atoms with Crippen LogP contribution in [-0.2, 0) is 13.1 Å². The molecule has 1 N–H and O–H groups in total. The van der Waals surface area contributed by atoms with Gasteiger partial charge in [-0.1, -0.05) is 6.07 Å². The lowest BCUT2D eigenvalue weighted by Gasteiger charge is -2.21. The fourth-order valence-corrected chi connectivity index (χ4v) is 3.31. The van der Waals surface area contributed by atoms with Gasteiger partial charge in [0.05, 0.1) is 23.8 Å². The number of rotatable bonds is 6. The molecule has 0 saturated heterocycles. The maximum Gasteiger partial charge on any atom is 0.194 e. The van der Waals surface area contributed by atoms with Gasteiger partial charge in [0.2, 0.25) is 0 Å². The Morgan fingerprint density at radius 1 is 1.29 bits per heavy atom. The minimum Gasteiger partial charge on any atom is -0.357 e. The molecule has 0 unspecified atom stereocenters. The van der Waals surface area contributed by atoms with Crippen LogP contribution in [0.4, 0.5) is 0 Å². The summed E-state index contributed by atoms with van der Waals surface area (Å²) in [4.78, 5) is 20.1. The van der Waals surface area contributed by atoms with Crippen LogP contribution in [0.1, 0.15) is 29.0 Å². The molecule has 150 valence electrons. The molecule has 0 aliphatic carbocycles. The number of nitrogens with one attached hydrogen (secondary N) is 1. The molecule has 0 atom stereocenters. The van der Waals surface area contributed by atoms with E-state index in [1.54, 1.807) is 17.5 Å². The number of aryl methyl sites for hydroxylation is 2. The summed E-state index contributed by atoms with van der Waals surface area (Å²) in [6, 6.07) is 4.05. The summed E-state index contributed by atoms with van der Waals surface area (Å²) in [6.07, 6.45) is 5.55. The van der Waals surface area contributed by atoms with Crippen molar-refractivity contribution in [2.45, 2.75) is 33.9 Å². The second kappa shape index (κ2) is 10.5. The predicted molar refractivity (Wildman–Crippen MR) is 125 cm³/mol. The SMILES string of the molecule is CCNC(=NCc1ccc(-n2ccnc2C)nc1)N(C)Cc1csc(C)n1.I. The van der Waals surface area contributed by atoms with Crippen molar-refractivity contribution in [3.8, 4) is 5.82 Å². The maximum atomic E-state index is 4.74. The van der Waals surface area contributed by atoms with Crippen molar-refractivity contribution in [1.29, 1.82) is 0 Å². The van der Waals surface area contributed by atoms with Crippen molar-refractivity contribution in [2.75, 3.05) is 13.6 Å². The van der Waals surface area contributed by atoms with Crippen molar-refractivity contribution in [3.05, 3.63) is 58.2 Å². The fraction of sp³-hybridized carbons (Fsp3) is 0.368. The van der Waals surface area contributed by atoms with Crippen molar-refractivity contribution in [1.82, 2.24) is 29.7 Å². The van der Waals surface area contributed by atoms with Crippen LogP contribution in [-0.4, -0.2) is 44.0 Å². The fourth-order valence-electron chi connectivity index (χ4n) is 2.71. The van der Waals surface area contributed by atoms with Crippen LogP contribution in [0.15, 0.2) is 41.1 Å². The number of thiazole rings is 1. The number of hydrogen-bond donors (Lipinski definition) is 1. The number of hydrogen-bond acceptors (Lipinski definition) is 5. The Morgan fingerprint density at radius 2 is 2.11 bits per heavy atom. The highest BCUT2D eigenvalue weighted by Gasteiger charge is 2.09. The molecule has 3 aromatic heterocycles. The topological polar surface area (TPSA) is 71.2 Å². The van der Waals surface area contributed by atoms with Gasteiger partial charge in [0, 0.05) is 37.6 Å². The third kappa shape index (κ3) is 5.74. The molecule has 0 bridgehead atoms. The molecule has 0 amide bonds. The number of nitrogens with zero attached hydrogens (tertiary/aromatic N) is 6. The molecule has 3 heterocycles. The van der Waals surface area contributed by atoms with Gasteiger partial charge in [-0.2, -0.15) is 0 Å². The largest absolute Gasteiger partial charge is 0.357 e. The summed E-state index contributed by atoms with van der Waals surface area (Å²) in [5.41, 5.74) is 2.12. The Kier molecular flexibility index (Phi) is 8.36. The number of aromatic nitrogens is 4. The quantitative estimate of drug-likeness (QED) is 0.312. The first-order valence-electron chi connectivity index (χ1n) is 8.92. The first-order chi connectivity index (χ1) is 13.1. The lowest BCUT2D eigenvalue weighted by molar-refractivity contribution is 0.471. The van der Waals surface area contributed by atoms with Gasteiger partial charge < -0.3 is 10.2 Å². The van der Waals surface area contributed by atoms with Crippen LogP contribution in [0.25, 0.3) is 5.82 Å². The average molecular weight is 511 g/mol. The smallest absolute Gasteiger partial charge is 0.194 e. The lowest BCUT2D eigenvalue weighted by atomic mass is 10.3. The van der Waals surface area contributed by atoms with E-state index < -0.39 is 0 Å². The molecular weight excluding hydrogens is 485 g/mol. The number of aliphatic imine (C=N–C) groups is 1. The Balaban J connectivity index is 0.00000280. The van der Waals surface area contributed by atoms with E-state index in [9.17, 15) is 0 Å². The van der Waals surface area contributed by atoms with E-state index in [0.717, 1.165) is 47.0 Å². The molecule has 0 radical (unpaired) electrons. The third-order valence-corrected chi connectivity index (χ3v) is 4.88. The van der Waals surface area contributed by atoms with Crippen LogP contribution in [0, 0.1) is 13.8 Å². The summed E-state index contributed by atoms with van der Waals surface area (Å²) in [5.74, 6) is 2.64. The van der Waals surface area contributed by atoms with Gasteiger partial charge in [-0.25, -0.2) is 19.9 Å². The third-order valence-electron chi connectivity index (χ3n) is 4.06. The zero-order valence-corrected chi connectivity index (χ0v) is 19.7. The molecule has 0 aliphatic heterocycles. The Hall–Kier alpha value is -2.01. The van der Waals surface area contributed by atoms with E-state index in [2.05, 4.69) is 43.5 Å². The van der Waals surface area contributed by atoms with Gasteiger partial charge >= 0.3 is 0 Å². The van der Waals surface area contributed by atoms with Crippen LogP contribution >= 0.6 is 35.3 Å². The molecule has 0 spiro atoms. The average Bonchev–Trinajstić information content (AvgIpc) is 3.27. The number of imidazole rings is 1.